The Balaban J connectivity index is 2.50. The molecule has 0 amide bonds. The molecule has 0 saturated heterocycles. The van der Waals surface area contributed by atoms with Gasteiger partial charge in [-0.25, -0.2) is 0 Å². The summed E-state index contributed by atoms with van der Waals surface area (Å²) in [5, 5.41) is 8.40. The third kappa shape index (κ3) is 1.31. The predicted octanol–water partition coefficient (Wildman–Crippen LogP) is 1.43. The summed E-state index contributed by atoms with van der Waals surface area (Å²) in [6.07, 6.45) is 2.90. The Morgan fingerprint density at radius 1 is 1.67 bits per heavy atom. The van der Waals surface area contributed by atoms with Crippen molar-refractivity contribution in [3.8, 4) is 0 Å². The summed E-state index contributed by atoms with van der Waals surface area (Å²) >= 11 is 0. The van der Waals surface area contributed by atoms with E-state index in [1.165, 1.54) is 0 Å². The van der Waals surface area contributed by atoms with Crippen molar-refractivity contribution in [3.05, 3.63) is 11.8 Å². The molecular formula is C7H10O2. The van der Waals surface area contributed by atoms with Crippen LogP contribution in [0.4, 0.5) is 0 Å². The Morgan fingerprint density at radius 3 is 2.56 bits per heavy atom. The van der Waals surface area contributed by atoms with Crippen LogP contribution in [-0.4, -0.2) is 10.9 Å². The summed E-state index contributed by atoms with van der Waals surface area (Å²) in [7, 11) is 0. The normalized spacial score (nSPS) is 19.9. The van der Waals surface area contributed by atoms with E-state index in [0.29, 0.717) is 5.57 Å². The highest BCUT2D eigenvalue weighted by Crippen LogP contribution is 2.31. The zero-order valence-corrected chi connectivity index (χ0v) is 5.42. The number of hydrogen-bond acceptors (Lipinski definition) is 2. The monoisotopic (exact) mass is 126 g/mol. The number of carbonyl (C=O) groups excluding carboxylic acids is 1. The minimum Gasteiger partial charge on any atom is -0.515 e. The van der Waals surface area contributed by atoms with E-state index in [0.717, 1.165) is 19.1 Å². The molecule has 1 N–H and O–H groups in total. The maximum atomic E-state index is 10.9. The van der Waals surface area contributed by atoms with E-state index in [2.05, 4.69) is 0 Å². The first-order chi connectivity index (χ1) is 4.25. The van der Waals surface area contributed by atoms with Gasteiger partial charge in [0.15, 0.2) is 5.78 Å². The maximum Gasteiger partial charge on any atom is 0.164 e. The largest absolute Gasteiger partial charge is 0.515 e. The van der Waals surface area contributed by atoms with Gasteiger partial charge in [-0.05, 0) is 19.8 Å². The second-order valence-corrected chi connectivity index (χ2v) is 2.45. The van der Waals surface area contributed by atoms with Crippen molar-refractivity contribution < 1.29 is 9.90 Å². The maximum absolute atomic E-state index is 10.9. The molecule has 50 valence electrons. The molecule has 0 atom stereocenters. The highest BCUT2D eigenvalue weighted by atomic mass is 16.2. The van der Waals surface area contributed by atoms with Crippen molar-refractivity contribution in [1.82, 2.24) is 0 Å². The predicted molar refractivity (Wildman–Crippen MR) is 34.1 cm³/mol. The van der Waals surface area contributed by atoms with Crippen molar-refractivity contribution >= 4 is 5.78 Å². The van der Waals surface area contributed by atoms with Gasteiger partial charge in [-0.1, -0.05) is 0 Å². The number of hydrogen-bond donors (Lipinski definition) is 1. The molecule has 0 unspecified atom stereocenters. The zero-order chi connectivity index (χ0) is 6.85. The van der Waals surface area contributed by atoms with Crippen LogP contribution in [0.25, 0.3) is 0 Å². The molecule has 0 radical (unpaired) electrons. The first-order valence-electron chi connectivity index (χ1n) is 3.11. The average Bonchev–Trinajstić information content (AvgIpc) is 2.66. The number of Topliss-reactive ketones (excluding diaryl/α,β-unsaturated/α-hetero) is 1. The van der Waals surface area contributed by atoms with Gasteiger partial charge in [0.2, 0.25) is 0 Å². The second-order valence-electron chi connectivity index (χ2n) is 2.45. The summed E-state index contributed by atoms with van der Waals surface area (Å²) in [5.41, 5.74) is 0.484. The van der Waals surface area contributed by atoms with Crippen LogP contribution in [0.5, 0.6) is 0 Å². The lowest BCUT2D eigenvalue weighted by molar-refractivity contribution is -0.116. The number of aliphatic hydroxyl groups excluding tert-OH is 1. The molecule has 1 aliphatic rings. The van der Waals surface area contributed by atoms with Gasteiger partial charge in [-0.15, -0.1) is 0 Å². The third-order valence-corrected chi connectivity index (χ3v) is 1.53. The van der Waals surface area contributed by atoms with Gasteiger partial charge in [0, 0.05) is 11.5 Å². The molecule has 2 nitrogen and oxygen atoms in total. The van der Waals surface area contributed by atoms with Crippen molar-refractivity contribution in [1.29, 1.82) is 0 Å². The first-order valence-corrected chi connectivity index (χ1v) is 3.11. The molecule has 0 aromatic rings. The fourth-order valence-electron chi connectivity index (χ4n) is 0.731. The van der Waals surface area contributed by atoms with E-state index in [9.17, 15) is 4.79 Å². The van der Waals surface area contributed by atoms with E-state index in [4.69, 9.17) is 5.11 Å². The summed E-state index contributed by atoms with van der Waals surface area (Å²) in [6.45, 7) is 1.64. The van der Waals surface area contributed by atoms with Gasteiger partial charge in [0.1, 0.15) is 0 Å². The molecule has 0 aromatic carbocycles. The Bertz CT molecular complexity index is 154. The summed E-state index contributed by atoms with van der Waals surface area (Å²) < 4.78 is 0. The highest BCUT2D eigenvalue weighted by molar-refractivity contribution is 5.97. The van der Waals surface area contributed by atoms with E-state index in [1.54, 1.807) is 6.92 Å². The van der Waals surface area contributed by atoms with E-state index >= 15 is 0 Å². The lowest BCUT2D eigenvalue weighted by atomic mass is 10.1. The van der Waals surface area contributed by atoms with Crippen LogP contribution in [0.2, 0.25) is 0 Å². The van der Waals surface area contributed by atoms with Crippen LogP contribution in [0.3, 0.4) is 0 Å². The summed E-state index contributed by atoms with van der Waals surface area (Å²) in [5.74, 6) is 0.339. The lowest BCUT2D eigenvalue weighted by Gasteiger charge is -1.92. The molecule has 0 aliphatic heterocycles. The molecule has 0 bridgehead atoms. The zero-order valence-electron chi connectivity index (χ0n) is 5.42. The quantitative estimate of drug-likeness (QED) is 0.449. The molecular weight excluding hydrogens is 116 g/mol. The summed E-state index contributed by atoms with van der Waals surface area (Å²) in [4.78, 5) is 10.9. The van der Waals surface area contributed by atoms with Gasteiger partial charge < -0.3 is 5.11 Å². The standard InChI is InChI=1S/C7H10O2/c1-5(4-8)7(9)6-2-3-6/h4,6,8H,2-3H2,1H3. The molecule has 9 heavy (non-hydrogen) atoms. The fourth-order valence-corrected chi connectivity index (χ4v) is 0.731. The second kappa shape index (κ2) is 2.21. The van der Waals surface area contributed by atoms with Gasteiger partial charge in [0.05, 0.1) is 6.26 Å². The Labute approximate surface area is 54.2 Å². The minimum atomic E-state index is 0.109. The van der Waals surface area contributed by atoms with Crippen molar-refractivity contribution in [3.63, 3.8) is 0 Å². The van der Waals surface area contributed by atoms with Crippen molar-refractivity contribution in [2.24, 2.45) is 5.92 Å². The van der Waals surface area contributed by atoms with Crippen LogP contribution >= 0.6 is 0 Å². The van der Waals surface area contributed by atoms with Gasteiger partial charge >= 0.3 is 0 Å². The summed E-state index contributed by atoms with van der Waals surface area (Å²) in [6, 6.07) is 0. The molecule has 1 saturated carbocycles. The Hall–Kier alpha value is -0.790. The molecule has 0 aromatic heterocycles. The minimum absolute atomic E-state index is 0.109. The van der Waals surface area contributed by atoms with Crippen LogP contribution in [0, 0.1) is 5.92 Å². The van der Waals surface area contributed by atoms with Crippen LogP contribution in [0.15, 0.2) is 11.8 Å². The fraction of sp³-hybridized carbons (Fsp3) is 0.571. The van der Waals surface area contributed by atoms with E-state index < -0.39 is 0 Å². The molecule has 0 heterocycles. The van der Waals surface area contributed by atoms with Gasteiger partial charge in [-0.3, -0.25) is 4.79 Å². The molecule has 1 rings (SSSR count). The third-order valence-electron chi connectivity index (χ3n) is 1.53. The van der Waals surface area contributed by atoms with Crippen LogP contribution in [0.1, 0.15) is 19.8 Å². The van der Waals surface area contributed by atoms with Gasteiger partial charge in [-0.2, -0.15) is 0 Å². The van der Waals surface area contributed by atoms with Crippen LogP contribution < -0.4 is 0 Å². The number of carbonyl (C=O) groups is 1. The smallest absolute Gasteiger partial charge is 0.164 e. The molecule has 2 heteroatoms. The molecule has 1 fully saturated rings. The molecule has 1 aliphatic carbocycles. The highest BCUT2D eigenvalue weighted by Gasteiger charge is 2.30. The van der Waals surface area contributed by atoms with Crippen molar-refractivity contribution in [2.75, 3.05) is 0 Å². The first kappa shape index (κ1) is 6.33. The van der Waals surface area contributed by atoms with Crippen molar-refractivity contribution in [2.45, 2.75) is 19.8 Å². The van der Waals surface area contributed by atoms with E-state index in [1.807, 2.05) is 0 Å². The number of aliphatic hydroxyl groups is 1. The van der Waals surface area contributed by atoms with E-state index in [-0.39, 0.29) is 11.7 Å². The Morgan fingerprint density at radius 2 is 2.22 bits per heavy atom. The molecule has 0 spiro atoms. The lowest BCUT2D eigenvalue weighted by Crippen LogP contribution is -2.00. The van der Waals surface area contributed by atoms with Crippen LogP contribution in [-0.2, 0) is 4.79 Å². The number of ketones is 1. The number of allylic oxidation sites excluding steroid dienone is 1. The number of rotatable bonds is 2. The SMILES string of the molecule is CC(=CO)C(=O)C1CC1. The Kier molecular flexibility index (Phi) is 1.56. The van der Waals surface area contributed by atoms with Gasteiger partial charge in [0.25, 0.3) is 0 Å². The topological polar surface area (TPSA) is 37.3 Å². The average molecular weight is 126 g/mol.